The zero-order chi connectivity index (χ0) is 18.2. The van der Waals surface area contributed by atoms with E-state index in [9.17, 15) is 18.8 Å². The molecular weight excluding hydrogens is 327 g/mol. The Bertz CT molecular complexity index is 775. The van der Waals surface area contributed by atoms with Crippen LogP contribution in [0.15, 0.2) is 48.5 Å². The number of benzene rings is 2. The molecule has 2 aromatic carbocycles. The standard InChI is InChI=1S/C18H17FN2O4/c1-25-18(24)14-4-2-3-5-15(14)21-17(23)11-20-16(22)10-12-6-8-13(19)9-7-12/h2-9H,10-11H2,1H3,(H,20,22)(H,21,23). The van der Waals surface area contributed by atoms with Crippen LogP contribution in [0.2, 0.25) is 0 Å². The van der Waals surface area contributed by atoms with Crippen LogP contribution in [0.4, 0.5) is 10.1 Å². The van der Waals surface area contributed by atoms with Crippen molar-refractivity contribution in [2.24, 2.45) is 0 Å². The number of amides is 2. The molecule has 0 bridgehead atoms. The zero-order valence-corrected chi connectivity index (χ0v) is 13.5. The fourth-order valence-electron chi connectivity index (χ4n) is 2.10. The van der Waals surface area contributed by atoms with Crippen LogP contribution in [-0.4, -0.2) is 31.4 Å². The number of hydrogen-bond acceptors (Lipinski definition) is 4. The summed E-state index contributed by atoms with van der Waals surface area (Å²) in [5.41, 5.74) is 1.15. The molecule has 0 aliphatic rings. The Kier molecular flexibility index (Phi) is 6.22. The molecule has 2 N–H and O–H groups in total. The third kappa shape index (κ3) is 5.42. The number of methoxy groups -OCH3 is 1. The van der Waals surface area contributed by atoms with Crippen molar-refractivity contribution in [3.05, 3.63) is 65.5 Å². The second kappa shape index (κ2) is 8.58. The molecule has 0 spiro atoms. The van der Waals surface area contributed by atoms with E-state index in [0.29, 0.717) is 11.3 Å². The SMILES string of the molecule is COC(=O)c1ccccc1NC(=O)CNC(=O)Cc1ccc(F)cc1. The van der Waals surface area contributed by atoms with Gasteiger partial charge in [0.1, 0.15) is 5.82 Å². The summed E-state index contributed by atoms with van der Waals surface area (Å²) in [5.74, 6) is -1.81. The second-order valence-corrected chi connectivity index (χ2v) is 5.17. The second-order valence-electron chi connectivity index (χ2n) is 5.17. The van der Waals surface area contributed by atoms with Crippen LogP contribution in [0, 0.1) is 5.82 Å². The van der Waals surface area contributed by atoms with E-state index in [-0.39, 0.29) is 30.3 Å². The van der Waals surface area contributed by atoms with Crippen LogP contribution in [0.3, 0.4) is 0 Å². The lowest BCUT2D eigenvalue weighted by molar-refractivity contribution is -0.123. The van der Waals surface area contributed by atoms with Gasteiger partial charge in [-0.05, 0) is 29.8 Å². The Morgan fingerprint density at radius 1 is 1.00 bits per heavy atom. The predicted molar refractivity (Wildman–Crippen MR) is 89.5 cm³/mol. The van der Waals surface area contributed by atoms with Gasteiger partial charge in [-0.2, -0.15) is 0 Å². The lowest BCUT2D eigenvalue weighted by Gasteiger charge is -2.10. The quantitative estimate of drug-likeness (QED) is 0.784. The van der Waals surface area contributed by atoms with Gasteiger partial charge in [-0.15, -0.1) is 0 Å². The molecule has 2 aromatic rings. The monoisotopic (exact) mass is 344 g/mol. The zero-order valence-electron chi connectivity index (χ0n) is 13.5. The number of anilines is 1. The molecular formula is C18H17FN2O4. The fourth-order valence-corrected chi connectivity index (χ4v) is 2.10. The van der Waals surface area contributed by atoms with Gasteiger partial charge >= 0.3 is 5.97 Å². The number of hydrogen-bond donors (Lipinski definition) is 2. The van der Waals surface area contributed by atoms with Gasteiger partial charge in [0.05, 0.1) is 31.3 Å². The highest BCUT2D eigenvalue weighted by Gasteiger charge is 2.13. The normalized spacial score (nSPS) is 10.0. The van der Waals surface area contributed by atoms with Crippen molar-refractivity contribution >= 4 is 23.5 Å². The molecule has 2 rings (SSSR count). The molecule has 0 radical (unpaired) electrons. The first-order chi connectivity index (χ1) is 12.0. The topological polar surface area (TPSA) is 84.5 Å². The van der Waals surface area contributed by atoms with Crippen molar-refractivity contribution in [3.8, 4) is 0 Å². The molecule has 0 aromatic heterocycles. The van der Waals surface area contributed by atoms with E-state index in [0.717, 1.165) is 0 Å². The van der Waals surface area contributed by atoms with Crippen molar-refractivity contribution in [1.29, 1.82) is 0 Å². The number of carbonyl (C=O) groups excluding carboxylic acids is 3. The largest absolute Gasteiger partial charge is 0.465 e. The smallest absolute Gasteiger partial charge is 0.339 e. The molecule has 0 saturated carbocycles. The molecule has 0 fully saturated rings. The lowest BCUT2D eigenvalue weighted by atomic mass is 10.1. The van der Waals surface area contributed by atoms with E-state index in [1.165, 1.54) is 37.4 Å². The maximum absolute atomic E-state index is 12.8. The van der Waals surface area contributed by atoms with Crippen molar-refractivity contribution in [2.75, 3.05) is 19.0 Å². The summed E-state index contributed by atoms with van der Waals surface area (Å²) in [5, 5.41) is 5.02. The highest BCUT2D eigenvalue weighted by atomic mass is 19.1. The van der Waals surface area contributed by atoms with Gasteiger partial charge in [0.15, 0.2) is 0 Å². The van der Waals surface area contributed by atoms with Crippen LogP contribution in [0.1, 0.15) is 15.9 Å². The molecule has 6 nitrogen and oxygen atoms in total. The highest BCUT2D eigenvalue weighted by molar-refractivity contribution is 6.02. The number of esters is 1. The van der Waals surface area contributed by atoms with E-state index in [4.69, 9.17) is 0 Å². The van der Waals surface area contributed by atoms with Gasteiger partial charge in [-0.3, -0.25) is 9.59 Å². The molecule has 25 heavy (non-hydrogen) atoms. The van der Waals surface area contributed by atoms with E-state index < -0.39 is 11.9 Å². The molecule has 0 unspecified atom stereocenters. The van der Waals surface area contributed by atoms with Crippen LogP contribution in [0.25, 0.3) is 0 Å². The summed E-state index contributed by atoms with van der Waals surface area (Å²) in [6.45, 7) is -0.254. The Labute approximate surface area is 144 Å². The number of para-hydroxylation sites is 1. The molecule has 0 aliphatic carbocycles. The highest BCUT2D eigenvalue weighted by Crippen LogP contribution is 2.15. The average molecular weight is 344 g/mol. The number of rotatable bonds is 6. The number of ether oxygens (including phenoxy) is 1. The van der Waals surface area contributed by atoms with Gasteiger partial charge in [-0.1, -0.05) is 24.3 Å². The Balaban J connectivity index is 1.87. The van der Waals surface area contributed by atoms with Gasteiger partial charge in [0.2, 0.25) is 11.8 Å². The van der Waals surface area contributed by atoms with E-state index in [1.54, 1.807) is 18.2 Å². The van der Waals surface area contributed by atoms with E-state index in [1.807, 2.05) is 0 Å². The van der Waals surface area contributed by atoms with E-state index in [2.05, 4.69) is 15.4 Å². The third-order valence-corrected chi connectivity index (χ3v) is 3.33. The maximum atomic E-state index is 12.8. The first-order valence-electron chi connectivity index (χ1n) is 7.48. The number of nitrogens with one attached hydrogen (secondary N) is 2. The first kappa shape index (κ1) is 18.1. The summed E-state index contributed by atoms with van der Waals surface area (Å²) in [6, 6.07) is 11.9. The van der Waals surface area contributed by atoms with Crippen molar-refractivity contribution < 1.29 is 23.5 Å². The van der Waals surface area contributed by atoms with Gasteiger partial charge in [-0.25, -0.2) is 9.18 Å². The minimum atomic E-state index is -0.573. The van der Waals surface area contributed by atoms with Crippen LogP contribution in [-0.2, 0) is 20.7 Å². The number of carbonyl (C=O) groups is 3. The Morgan fingerprint density at radius 3 is 2.36 bits per heavy atom. The Morgan fingerprint density at radius 2 is 1.68 bits per heavy atom. The first-order valence-corrected chi connectivity index (χ1v) is 7.48. The minimum absolute atomic E-state index is 0.0340. The molecule has 0 aliphatic heterocycles. The molecule has 0 saturated heterocycles. The van der Waals surface area contributed by atoms with Gasteiger partial charge in [0, 0.05) is 0 Å². The fraction of sp³-hybridized carbons (Fsp3) is 0.167. The molecule has 0 heterocycles. The summed E-state index contributed by atoms with van der Waals surface area (Å²) >= 11 is 0. The van der Waals surface area contributed by atoms with Crippen LogP contribution >= 0.6 is 0 Å². The van der Waals surface area contributed by atoms with Crippen molar-refractivity contribution in [3.63, 3.8) is 0 Å². The van der Waals surface area contributed by atoms with Crippen molar-refractivity contribution in [1.82, 2.24) is 5.32 Å². The minimum Gasteiger partial charge on any atom is -0.465 e. The van der Waals surface area contributed by atoms with Gasteiger partial charge in [0.25, 0.3) is 0 Å². The summed E-state index contributed by atoms with van der Waals surface area (Å²) in [4.78, 5) is 35.4. The number of halogens is 1. The average Bonchev–Trinajstić information content (AvgIpc) is 2.62. The molecule has 7 heteroatoms. The molecule has 2 amide bonds. The van der Waals surface area contributed by atoms with E-state index >= 15 is 0 Å². The van der Waals surface area contributed by atoms with Crippen LogP contribution in [0.5, 0.6) is 0 Å². The Hall–Kier alpha value is -3.22. The van der Waals surface area contributed by atoms with Crippen molar-refractivity contribution in [2.45, 2.75) is 6.42 Å². The summed E-state index contributed by atoms with van der Waals surface area (Å²) in [6.07, 6.45) is 0.0340. The van der Waals surface area contributed by atoms with Crippen LogP contribution < -0.4 is 10.6 Å². The lowest BCUT2D eigenvalue weighted by Crippen LogP contribution is -2.34. The van der Waals surface area contributed by atoms with Gasteiger partial charge < -0.3 is 15.4 Å². The summed E-state index contributed by atoms with van der Waals surface area (Å²) in [7, 11) is 1.25. The summed E-state index contributed by atoms with van der Waals surface area (Å²) < 4.78 is 17.5. The molecule has 0 atom stereocenters. The predicted octanol–water partition coefficient (Wildman–Crippen LogP) is 1.91. The third-order valence-electron chi connectivity index (χ3n) is 3.33. The maximum Gasteiger partial charge on any atom is 0.339 e. The molecule has 130 valence electrons.